The Balaban J connectivity index is 1.90. The fourth-order valence-electron chi connectivity index (χ4n) is 0.989. The molecule has 0 bridgehead atoms. The lowest BCUT2D eigenvalue weighted by Crippen LogP contribution is -2.16. The zero-order valence-electron chi connectivity index (χ0n) is 7.95. The van der Waals surface area contributed by atoms with Gasteiger partial charge in [-0.2, -0.15) is 0 Å². The van der Waals surface area contributed by atoms with Crippen LogP contribution in [0.4, 0.5) is 0 Å². The molecule has 0 saturated heterocycles. The molecular formula is C9H16N2O2. The maximum Gasteiger partial charge on any atom is 0.124 e. The van der Waals surface area contributed by atoms with Gasteiger partial charge in [-0.05, 0) is 19.9 Å². The maximum absolute atomic E-state index is 5.20. The second-order valence-electron chi connectivity index (χ2n) is 2.72. The average molecular weight is 184 g/mol. The van der Waals surface area contributed by atoms with Crippen LogP contribution in [0.15, 0.2) is 16.9 Å². The zero-order chi connectivity index (χ0) is 9.36. The standard InChI is InChI=1S/C9H16N2O2/c1-2-12-6-3-5-10-8-9-4-7-13-11-9/h4,7,10H,2-3,5-6,8H2,1H3. The molecule has 1 heterocycles. The van der Waals surface area contributed by atoms with Gasteiger partial charge in [0.2, 0.25) is 0 Å². The Morgan fingerprint density at radius 3 is 3.23 bits per heavy atom. The summed E-state index contributed by atoms with van der Waals surface area (Å²) < 4.78 is 9.89. The van der Waals surface area contributed by atoms with Crippen molar-refractivity contribution in [3.8, 4) is 0 Å². The first-order valence-corrected chi connectivity index (χ1v) is 4.61. The first kappa shape index (κ1) is 10.2. The fraction of sp³-hybridized carbons (Fsp3) is 0.667. The Labute approximate surface area is 78.2 Å². The molecule has 0 aromatic carbocycles. The van der Waals surface area contributed by atoms with Crippen molar-refractivity contribution in [1.82, 2.24) is 10.5 Å². The number of rotatable bonds is 7. The molecule has 13 heavy (non-hydrogen) atoms. The highest BCUT2D eigenvalue weighted by atomic mass is 16.5. The summed E-state index contributed by atoms with van der Waals surface area (Å²) in [5.41, 5.74) is 0.941. The molecule has 0 aliphatic carbocycles. The fourth-order valence-corrected chi connectivity index (χ4v) is 0.989. The van der Waals surface area contributed by atoms with Crippen LogP contribution in [0.2, 0.25) is 0 Å². The monoisotopic (exact) mass is 184 g/mol. The summed E-state index contributed by atoms with van der Waals surface area (Å²) in [5, 5.41) is 7.03. The highest BCUT2D eigenvalue weighted by Gasteiger charge is 1.94. The predicted octanol–water partition coefficient (Wildman–Crippen LogP) is 1.19. The van der Waals surface area contributed by atoms with Crippen molar-refractivity contribution in [1.29, 1.82) is 0 Å². The summed E-state index contributed by atoms with van der Waals surface area (Å²) in [6.07, 6.45) is 2.61. The Morgan fingerprint density at radius 1 is 1.62 bits per heavy atom. The van der Waals surface area contributed by atoms with Crippen LogP contribution < -0.4 is 5.32 Å². The van der Waals surface area contributed by atoms with Gasteiger partial charge in [0.05, 0.1) is 5.69 Å². The lowest BCUT2D eigenvalue weighted by Gasteiger charge is -2.02. The van der Waals surface area contributed by atoms with Gasteiger partial charge in [0.15, 0.2) is 0 Å². The van der Waals surface area contributed by atoms with Gasteiger partial charge in [-0.1, -0.05) is 5.16 Å². The number of ether oxygens (including phenoxy) is 1. The first-order chi connectivity index (χ1) is 6.43. The van der Waals surface area contributed by atoms with E-state index in [1.807, 2.05) is 13.0 Å². The van der Waals surface area contributed by atoms with Crippen molar-refractivity contribution < 1.29 is 9.26 Å². The van der Waals surface area contributed by atoms with E-state index in [9.17, 15) is 0 Å². The van der Waals surface area contributed by atoms with Crippen molar-refractivity contribution in [2.45, 2.75) is 19.9 Å². The van der Waals surface area contributed by atoms with Crippen LogP contribution in [0.25, 0.3) is 0 Å². The van der Waals surface area contributed by atoms with Gasteiger partial charge in [-0.15, -0.1) is 0 Å². The molecule has 4 nitrogen and oxygen atoms in total. The summed E-state index contributed by atoms with van der Waals surface area (Å²) in [6.45, 7) is 5.34. The van der Waals surface area contributed by atoms with Crippen LogP contribution in [-0.4, -0.2) is 24.9 Å². The lowest BCUT2D eigenvalue weighted by molar-refractivity contribution is 0.144. The molecule has 0 aliphatic heterocycles. The number of aromatic nitrogens is 1. The minimum atomic E-state index is 0.766. The molecule has 0 unspecified atom stereocenters. The molecule has 74 valence electrons. The highest BCUT2D eigenvalue weighted by Crippen LogP contribution is 1.92. The molecule has 1 aromatic heterocycles. The van der Waals surface area contributed by atoms with Crippen LogP contribution in [0.1, 0.15) is 19.0 Å². The molecule has 1 aromatic rings. The highest BCUT2D eigenvalue weighted by molar-refractivity contribution is 4.93. The van der Waals surface area contributed by atoms with E-state index in [0.717, 1.165) is 38.4 Å². The molecule has 0 fully saturated rings. The molecule has 1 N–H and O–H groups in total. The van der Waals surface area contributed by atoms with Crippen molar-refractivity contribution >= 4 is 0 Å². The van der Waals surface area contributed by atoms with Crippen LogP contribution in [0.3, 0.4) is 0 Å². The Bertz CT molecular complexity index is 199. The van der Waals surface area contributed by atoms with Crippen LogP contribution >= 0.6 is 0 Å². The van der Waals surface area contributed by atoms with Crippen molar-refractivity contribution in [2.75, 3.05) is 19.8 Å². The summed E-state index contributed by atoms with van der Waals surface area (Å²) in [4.78, 5) is 0. The second kappa shape index (κ2) is 6.62. The van der Waals surface area contributed by atoms with E-state index in [1.54, 1.807) is 6.26 Å². The van der Waals surface area contributed by atoms with E-state index < -0.39 is 0 Å². The predicted molar refractivity (Wildman–Crippen MR) is 49.3 cm³/mol. The van der Waals surface area contributed by atoms with Gasteiger partial charge in [0.1, 0.15) is 6.26 Å². The number of nitrogens with zero attached hydrogens (tertiary/aromatic N) is 1. The summed E-state index contributed by atoms with van der Waals surface area (Å²) in [7, 11) is 0. The van der Waals surface area contributed by atoms with Gasteiger partial charge in [0, 0.05) is 25.8 Å². The first-order valence-electron chi connectivity index (χ1n) is 4.61. The lowest BCUT2D eigenvalue weighted by atomic mass is 10.4. The Morgan fingerprint density at radius 2 is 2.54 bits per heavy atom. The number of hydrogen-bond acceptors (Lipinski definition) is 4. The van der Waals surface area contributed by atoms with Gasteiger partial charge >= 0.3 is 0 Å². The molecule has 1 rings (SSSR count). The van der Waals surface area contributed by atoms with E-state index in [-0.39, 0.29) is 0 Å². The molecule has 0 saturated carbocycles. The summed E-state index contributed by atoms with van der Waals surface area (Å²) in [6, 6.07) is 1.86. The largest absolute Gasteiger partial charge is 0.382 e. The van der Waals surface area contributed by atoms with Crippen LogP contribution in [-0.2, 0) is 11.3 Å². The third kappa shape index (κ3) is 4.65. The molecule has 0 spiro atoms. The molecule has 0 atom stereocenters. The van der Waals surface area contributed by atoms with Crippen molar-refractivity contribution in [3.05, 3.63) is 18.0 Å². The third-order valence-corrected chi connectivity index (χ3v) is 1.64. The second-order valence-corrected chi connectivity index (χ2v) is 2.72. The maximum atomic E-state index is 5.20. The molecule has 0 radical (unpaired) electrons. The molecule has 0 aliphatic rings. The van der Waals surface area contributed by atoms with Crippen LogP contribution in [0, 0.1) is 0 Å². The molecular weight excluding hydrogens is 168 g/mol. The van der Waals surface area contributed by atoms with E-state index >= 15 is 0 Å². The van der Waals surface area contributed by atoms with Crippen LogP contribution in [0.5, 0.6) is 0 Å². The summed E-state index contributed by atoms with van der Waals surface area (Å²) in [5.74, 6) is 0. The number of hydrogen-bond donors (Lipinski definition) is 1. The molecule has 0 amide bonds. The molecule has 4 heteroatoms. The van der Waals surface area contributed by atoms with Gasteiger partial charge in [-0.25, -0.2) is 0 Å². The van der Waals surface area contributed by atoms with Gasteiger partial charge < -0.3 is 14.6 Å². The number of nitrogens with one attached hydrogen (secondary N) is 1. The zero-order valence-corrected chi connectivity index (χ0v) is 7.95. The smallest absolute Gasteiger partial charge is 0.124 e. The minimum Gasteiger partial charge on any atom is -0.382 e. The van der Waals surface area contributed by atoms with Crippen molar-refractivity contribution in [3.63, 3.8) is 0 Å². The quantitative estimate of drug-likeness (QED) is 0.647. The van der Waals surface area contributed by atoms with Crippen molar-refractivity contribution in [2.24, 2.45) is 0 Å². The van der Waals surface area contributed by atoms with Gasteiger partial charge in [0.25, 0.3) is 0 Å². The summed E-state index contributed by atoms with van der Waals surface area (Å²) >= 11 is 0. The topological polar surface area (TPSA) is 47.3 Å². The third-order valence-electron chi connectivity index (χ3n) is 1.64. The van der Waals surface area contributed by atoms with Gasteiger partial charge in [-0.3, -0.25) is 0 Å². The average Bonchev–Trinajstić information content (AvgIpc) is 2.63. The minimum absolute atomic E-state index is 0.766. The normalized spacial score (nSPS) is 10.5. The van der Waals surface area contributed by atoms with E-state index in [4.69, 9.17) is 9.26 Å². The van der Waals surface area contributed by atoms with E-state index in [0.29, 0.717) is 0 Å². The van der Waals surface area contributed by atoms with E-state index in [2.05, 4.69) is 10.5 Å². The van der Waals surface area contributed by atoms with E-state index in [1.165, 1.54) is 0 Å². The SMILES string of the molecule is CCOCCCNCc1ccon1. The Hall–Kier alpha value is -0.870. The Kier molecular flexibility index (Phi) is 5.20.